The number of H-pyrrole nitrogens is 2. The molecular formula is C2H2N2O2S2. The molecule has 44 valence electrons. The highest BCUT2D eigenvalue weighted by atomic mass is 32.1. The molecule has 0 radical (unpaired) electrons. The maximum absolute atomic E-state index is 4.86. The van der Waals surface area contributed by atoms with E-state index in [0.717, 1.165) is 16.5 Å². The van der Waals surface area contributed by atoms with Crippen LogP contribution in [-0.2, 0) is 0 Å². The number of hydrogen-bond donors (Lipinski definition) is 2. The predicted octanol–water partition coefficient (Wildman–Crippen LogP) is 1.50. The van der Waals surface area contributed by atoms with E-state index in [9.17, 15) is 0 Å². The molecule has 0 saturated carbocycles. The first kappa shape index (κ1) is 4.28. The van der Waals surface area contributed by atoms with Crippen LogP contribution in [0.2, 0.25) is 0 Å². The van der Waals surface area contributed by atoms with E-state index in [4.69, 9.17) is 8.37 Å². The summed E-state index contributed by atoms with van der Waals surface area (Å²) >= 11 is 2.52. The van der Waals surface area contributed by atoms with E-state index in [1.807, 2.05) is 0 Å². The van der Waals surface area contributed by atoms with E-state index in [1.165, 1.54) is 11.5 Å². The Morgan fingerprint density at radius 3 is 3.38 bits per heavy atom. The number of rotatable bonds is 0. The third kappa shape index (κ3) is 0.436. The Balaban J connectivity index is 3.19. The van der Waals surface area contributed by atoms with Gasteiger partial charge in [0.25, 0.3) is 0 Å². The Kier molecular flexibility index (Phi) is 0.762. The average Bonchev–Trinajstić information content (AvgIpc) is 2.15. The summed E-state index contributed by atoms with van der Waals surface area (Å²) in [6.45, 7) is 0. The smallest absolute Gasteiger partial charge is 0.344 e. The van der Waals surface area contributed by atoms with Crippen LogP contribution in [0, 0.1) is 10.3 Å². The average molecular weight is 150 g/mol. The molecule has 0 aromatic heterocycles. The van der Waals surface area contributed by atoms with Crippen molar-refractivity contribution in [3.63, 3.8) is 0 Å². The number of aromatic nitrogens is 2. The van der Waals surface area contributed by atoms with E-state index in [2.05, 4.69) is 8.92 Å². The lowest BCUT2D eigenvalue weighted by molar-refractivity contribution is 0.326. The molecule has 0 amide bonds. The van der Waals surface area contributed by atoms with Crippen LogP contribution in [0.5, 0.6) is 0 Å². The van der Waals surface area contributed by atoms with Crippen LogP contribution in [0.25, 0.3) is 0 Å². The summed E-state index contributed by atoms with van der Waals surface area (Å²) in [6.07, 6.45) is 0. The van der Waals surface area contributed by atoms with Crippen LogP contribution in [-0.4, -0.2) is 8.92 Å². The highest BCUT2D eigenvalue weighted by Crippen LogP contribution is 2.03. The van der Waals surface area contributed by atoms with Gasteiger partial charge in [-0.1, -0.05) is 0 Å². The van der Waals surface area contributed by atoms with E-state index in [1.54, 1.807) is 0 Å². The first-order valence-corrected chi connectivity index (χ1v) is 3.45. The SMILES string of the molecule is [nH]1oc2os[nH]c=2s1. The first-order valence-electron chi connectivity index (χ1n) is 1.89. The molecule has 0 aromatic rings. The molecule has 2 N–H and O–H groups in total. The van der Waals surface area contributed by atoms with Gasteiger partial charge < -0.3 is 8.37 Å². The molecule has 0 fully saturated rings. The monoisotopic (exact) mass is 150 g/mol. The summed E-state index contributed by atoms with van der Waals surface area (Å²) in [7, 11) is 0. The van der Waals surface area contributed by atoms with Gasteiger partial charge in [0.2, 0.25) is 4.66 Å². The Bertz CT molecular complexity index is 269. The molecule has 6 heteroatoms. The highest BCUT2D eigenvalue weighted by molar-refractivity contribution is 7.04. The van der Waals surface area contributed by atoms with Crippen molar-refractivity contribution in [1.82, 2.24) is 8.92 Å². The maximum Gasteiger partial charge on any atom is 0.362 e. The molecular weight excluding hydrogens is 148 g/mol. The molecule has 0 atom stereocenters. The van der Waals surface area contributed by atoms with Crippen LogP contribution in [0.15, 0.2) is 8.37 Å². The van der Waals surface area contributed by atoms with E-state index < -0.39 is 0 Å². The van der Waals surface area contributed by atoms with Gasteiger partial charge in [-0.15, -0.1) is 0 Å². The summed E-state index contributed by atoms with van der Waals surface area (Å²) in [4.78, 5) is 0. The van der Waals surface area contributed by atoms with Gasteiger partial charge in [0.05, 0.1) is 0 Å². The Morgan fingerprint density at radius 2 is 2.50 bits per heavy atom. The number of nitrogens with one attached hydrogen (secondary N) is 2. The summed E-state index contributed by atoms with van der Waals surface area (Å²) in [6, 6.07) is 0. The van der Waals surface area contributed by atoms with Gasteiger partial charge in [-0.3, -0.25) is 4.37 Å². The van der Waals surface area contributed by atoms with Crippen molar-refractivity contribution in [2.45, 2.75) is 0 Å². The summed E-state index contributed by atoms with van der Waals surface area (Å²) < 4.78 is 16.0. The van der Waals surface area contributed by atoms with E-state index >= 15 is 0 Å². The zero-order chi connectivity index (χ0) is 5.40. The zero-order valence-corrected chi connectivity index (χ0v) is 5.27. The van der Waals surface area contributed by atoms with Crippen LogP contribution < -0.4 is 0 Å². The van der Waals surface area contributed by atoms with Gasteiger partial charge in [0, 0.05) is 0 Å². The largest absolute Gasteiger partial charge is 0.362 e. The summed E-state index contributed by atoms with van der Waals surface area (Å²) in [5, 5.41) is 0. The first-order chi connectivity index (χ1) is 3.97. The fourth-order valence-electron chi connectivity index (χ4n) is 0.402. The van der Waals surface area contributed by atoms with Crippen LogP contribution in [0.4, 0.5) is 0 Å². The highest BCUT2D eigenvalue weighted by Gasteiger charge is 1.92. The Morgan fingerprint density at radius 1 is 1.50 bits per heavy atom. The molecule has 0 unspecified atom stereocenters. The van der Waals surface area contributed by atoms with Gasteiger partial charge in [-0.2, -0.15) is 4.55 Å². The van der Waals surface area contributed by atoms with Gasteiger partial charge in [0.1, 0.15) is 11.8 Å². The lowest BCUT2D eigenvalue weighted by atomic mass is 11.0. The molecule has 2 heterocycles. The van der Waals surface area contributed by atoms with Crippen molar-refractivity contribution in [2.24, 2.45) is 0 Å². The molecule has 0 aliphatic carbocycles. The molecule has 0 aromatic carbocycles. The minimum atomic E-state index is 0.528. The minimum absolute atomic E-state index is 0.528. The third-order valence-corrected chi connectivity index (χ3v) is 2.01. The third-order valence-electron chi connectivity index (χ3n) is 0.715. The van der Waals surface area contributed by atoms with Crippen molar-refractivity contribution < 1.29 is 8.37 Å². The lowest BCUT2D eigenvalue weighted by Gasteiger charge is -1.61. The fraction of sp³-hybridized carbons (Fsp3) is 0. The summed E-state index contributed by atoms with van der Waals surface area (Å²) in [5.74, 6) is 0. The zero-order valence-electron chi connectivity index (χ0n) is 3.63. The van der Waals surface area contributed by atoms with Crippen LogP contribution in [0.3, 0.4) is 0 Å². The topological polar surface area (TPSA) is 57.9 Å². The normalized spacial score (nSPS) is 10.5. The minimum Gasteiger partial charge on any atom is -0.344 e. The molecule has 2 rings (SSSR count). The molecule has 2 aliphatic rings. The molecule has 0 saturated heterocycles. The number of aromatic amines is 2. The molecule has 0 spiro atoms. The van der Waals surface area contributed by atoms with Crippen molar-refractivity contribution in [3.8, 4) is 0 Å². The molecule has 4 nitrogen and oxygen atoms in total. The van der Waals surface area contributed by atoms with Crippen LogP contribution in [0.1, 0.15) is 0 Å². The van der Waals surface area contributed by atoms with Gasteiger partial charge in [-0.25, -0.2) is 0 Å². The van der Waals surface area contributed by atoms with E-state index in [-0.39, 0.29) is 0 Å². The maximum atomic E-state index is 4.86. The van der Waals surface area contributed by atoms with Crippen molar-refractivity contribution in [1.29, 1.82) is 0 Å². The summed E-state index contributed by atoms with van der Waals surface area (Å²) in [5.41, 5.74) is 0.528. The second-order valence-electron chi connectivity index (χ2n) is 1.17. The number of hydrogen-bond acceptors (Lipinski definition) is 4. The van der Waals surface area contributed by atoms with Crippen LogP contribution >= 0.6 is 23.4 Å². The van der Waals surface area contributed by atoms with E-state index in [0.29, 0.717) is 5.61 Å². The Hall–Kier alpha value is -0.620. The standard InChI is InChI=1S/C2H2N2O2S2/c3-1-2(6-8-3)5-4-7-1/h3-4H. The molecule has 0 bridgehead atoms. The van der Waals surface area contributed by atoms with Gasteiger partial charge in [0.15, 0.2) is 0 Å². The molecule has 8 heavy (non-hydrogen) atoms. The van der Waals surface area contributed by atoms with Crippen molar-refractivity contribution in [3.05, 3.63) is 10.3 Å². The lowest BCUT2D eigenvalue weighted by Crippen LogP contribution is -1.49. The second kappa shape index (κ2) is 1.43. The Labute approximate surface area is 51.6 Å². The quantitative estimate of drug-likeness (QED) is 0.598. The fourth-order valence-corrected chi connectivity index (χ4v) is 1.48. The van der Waals surface area contributed by atoms with Crippen molar-refractivity contribution in [2.75, 3.05) is 0 Å². The van der Waals surface area contributed by atoms with Gasteiger partial charge in [-0.05, 0) is 11.5 Å². The second-order valence-corrected chi connectivity index (χ2v) is 2.49. The predicted molar refractivity (Wildman–Crippen MR) is 28.4 cm³/mol. The molecule has 2 aliphatic heterocycles. The van der Waals surface area contributed by atoms with Gasteiger partial charge >= 0.3 is 5.61 Å². The van der Waals surface area contributed by atoms with Crippen molar-refractivity contribution >= 4 is 23.4 Å².